The molecule has 1 N–H and O–H groups in total. The van der Waals surface area contributed by atoms with Gasteiger partial charge in [-0.05, 0) is 25.1 Å². The lowest BCUT2D eigenvalue weighted by molar-refractivity contribution is 0.0261. The molecule has 0 spiro atoms. The van der Waals surface area contributed by atoms with Crippen molar-refractivity contribution < 1.29 is 9.84 Å². The highest BCUT2D eigenvalue weighted by Gasteiger charge is 2.25. The van der Waals surface area contributed by atoms with E-state index in [1.807, 2.05) is 18.2 Å². The van der Waals surface area contributed by atoms with E-state index in [4.69, 9.17) is 16.3 Å². The fourth-order valence-electron chi connectivity index (χ4n) is 2.69. The molecule has 2 atom stereocenters. The number of benzene rings is 1. The van der Waals surface area contributed by atoms with Gasteiger partial charge in [0, 0.05) is 50.0 Å². The molecule has 0 radical (unpaired) electrons. The SMILES string of the molecule is COC[C@H](O)CN1CCN(c2cccc(Cl)c2)CC1C. The molecule has 0 bridgehead atoms. The number of aliphatic hydroxyl groups excluding tert-OH is 1. The third-order valence-corrected chi connectivity index (χ3v) is 3.98. The van der Waals surface area contributed by atoms with Gasteiger partial charge in [0.2, 0.25) is 0 Å². The maximum absolute atomic E-state index is 9.84. The van der Waals surface area contributed by atoms with Crippen LogP contribution in [0.15, 0.2) is 24.3 Å². The van der Waals surface area contributed by atoms with E-state index < -0.39 is 6.10 Å². The summed E-state index contributed by atoms with van der Waals surface area (Å²) in [5.74, 6) is 0. The number of piperazine rings is 1. The highest BCUT2D eigenvalue weighted by Crippen LogP contribution is 2.22. The van der Waals surface area contributed by atoms with Gasteiger partial charge in [-0.2, -0.15) is 0 Å². The van der Waals surface area contributed by atoms with Crippen molar-refractivity contribution in [2.24, 2.45) is 0 Å². The minimum Gasteiger partial charge on any atom is -0.389 e. The van der Waals surface area contributed by atoms with E-state index >= 15 is 0 Å². The lowest BCUT2D eigenvalue weighted by Gasteiger charge is -2.41. The van der Waals surface area contributed by atoms with E-state index in [1.54, 1.807) is 7.11 Å². The van der Waals surface area contributed by atoms with E-state index in [2.05, 4.69) is 22.8 Å². The lowest BCUT2D eigenvalue weighted by Crippen LogP contribution is -2.54. The molecule has 0 saturated carbocycles. The third kappa shape index (κ3) is 4.09. The van der Waals surface area contributed by atoms with Crippen molar-refractivity contribution in [1.82, 2.24) is 4.90 Å². The number of aliphatic hydroxyl groups is 1. The summed E-state index contributed by atoms with van der Waals surface area (Å²) < 4.78 is 4.98. The molecule has 0 aromatic heterocycles. The van der Waals surface area contributed by atoms with Crippen LogP contribution in [0.2, 0.25) is 5.02 Å². The van der Waals surface area contributed by atoms with Crippen LogP contribution in [0.25, 0.3) is 0 Å². The number of anilines is 1. The molecule has 1 aromatic carbocycles. The quantitative estimate of drug-likeness (QED) is 0.900. The Hall–Kier alpha value is -0.810. The summed E-state index contributed by atoms with van der Waals surface area (Å²) in [6, 6.07) is 8.37. The van der Waals surface area contributed by atoms with Gasteiger partial charge in [0.1, 0.15) is 0 Å². The molecule has 1 unspecified atom stereocenters. The molecule has 20 heavy (non-hydrogen) atoms. The number of rotatable bonds is 5. The molecule has 1 aromatic rings. The minimum absolute atomic E-state index is 0.390. The molecule has 1 aliphatic heterocycles. The Morgan fingerprint density at radius 2 is 2.25 bits per heavy atom. The number of ether oxygens (including phenoxy) is 1. The molecule has 5 heteroatoms. The van der Waals surface area contributed by atoms with E-state index in [9.17, 15) is 5.11 Å². The van der Waals surface area contributed by atoms with Gasteiger partial charge in [0.05, 0.1) is 12.7 Å². The first kappa shape index (κ1) is 15.6. The predicted molar refractivity (Wildman–Crippen MR) is 82.6 cm³/mol. The van der Waals surface area contributed by atoms with Crippen molar-refractivity contribution >= 4 is 17.3 Å². The topological polar surface area (TPSA) is 35.9 Å². The normalized spacial score (nSPS) is 22.0. The van der Waals surface area contributed by atoms with E-state index in [0.717, 1.165) is 24.7 Å². The van der Waals surface area contributed by atoms with E-state index in [1.165, 1.54) is 5.69 Å². The Kier molecular flexibility index (Phi) is 5.66. The average Bonchev–Trinajstić information content (AvgIpc) is 2.41. The van der Waals surface area contributed by atoms with Gasteiger partial charge in [-0.15, -0.1) is 0 Å². The second kappa shape index (κ2) is 7.27. The van der Waals surface area contributed by atoms with Crippen molar-refractivity contribution in [2.75, 3.05) is 44.8 Å². The standard InChI is InChI=1S/C15H23ClN2O2/c1-12-9-18(14-5-3-4-13(16)8-14)7-6-17(12)10-15(19)11-20-2/h3-5,8,12,15,19H,6-7,9-11H2,1-2H3/t12?,15-/m1/s1. The van der Waals surface area contributed by atoms with Gasteiger partial charge >= 0.3 is 0 Å². The first-order chi connectivity index (χ1) is 9.60. The lowest BCUT2D eigenvalue weighted by atomic mass is 10.1. The van der Waals surface area contributed by atoms with E-state index in [-0.39, 0.29) is 0 Å². The van der Waals surface area contributed by atoms with Gasteiger partial charge in [0.25, 0.3) is 0 Å². The average molecular weight is 299 g/mol. The molecule has 1 fully saturated rings. The number of hydrogen-bond acceptors (Lipinski definition) is 4. The van der Waals surface area contributed by atoms with Gasteiger partial charge in [-0.25, -0.2) is 0 Å². The molecule has 4 nitrogen and oxygen atoms in total. The largest absolute Gasteiger partial charge is 0.389 e. The van der Waals surface area contributed by atoms with Crippen LogP contribution in [-0.4, -0.2) is 62.0 Å². The fourth-order valence-corrected chi connectivity index (χ4v) is 2.87. The molecular weight excluding hydrogens is 276 g/mol. The van der Waals surface area contributed by atoms with Crippen LogP contribution >= 0.6 is 11.6 Å². The summed E-state index contributed by atoms with van der Waals surface area (Å²) in [5.41, 5.74) is 1.17. The van der Waals surface area contributed by atoms with Gasteiger partial charge in [-0.3, -0.25) is 4.90 Å². The zero-order chi connectivity index (χ0) is 14.5. The third-order valence-electron chi connectivity index (χ3n) is 3.74. The molecule has 0 amide bonds. The summed E-state index contributed by atoms with van der Waals surface area (Å²) in [6.07, 6.45) is -0.417. The van der Waals surface area contributed by atoms with Gasteiger partial charge < -0.3 is 14.7 Å². The summed E-state index contributed by atoms with van der Waals surface area (Å²) in [6.45, 7) is 6.08. The number of halogens is 1. The second-order valence-corrected chi connectivity index (χ2v) is 5.82. The van der Waals surface area contributed by atoms with Crippen LogP contribution in [0.1, 0.15) is 6.92 Å². The molecule has 1 saturated heterocycles. The number of nitrogens with zero attached hydrogens (tertiary/aromatic N) is 2. The zero-order valence-corrected chi connectivity index (χ0v) is 12.9. The van der Waals surface area contributed by atoms with Gasteiger partial charge in [-0.1, -0.05) is 17.7 Å². The zero-order valence-electron chi connectivity index (χ0n) is 12.1. The molecule has 0 aliphatic carbocycles. The Balaban J connectivity index is 1.92. The number of β-amino-alcohol motifs (C(OH)–C–C–N with tert-alkyl or cyclic N) is 1. The first-order valence-corrected chi connectivity index (χ1v) is 7.39. The molecule has 1 heterocycles. The number of methoxy groups -OCH3 is 1. The second-order valence-electron chi connectivity index (χ2n) is 5.38. The minimum atomic E-state index is -0.417. The summed E-state index contributed by atoms with van der Waals surface area (Å²) in [4.78, 5) is 4.65. The monoisotopic (exact) mass is 298 g/mol. The van der Waals surface area contributed by atoms with Crippen LogP contribution in [0.5, 0.6) is 0 Å². The summed E-state index contributed by atoms with van der Waals surface area (Å²) in [5, 5.41) is 10.6. The molecule has 112 valence electrons. The Morgan fingerprint density at radius 3 is 2.90 bits per heavy atom. The fraction of sp³-hybridized carbons (Fsp3) is 0.600. The smallest absolute Gasteiger partial charge is 0.0900 e. The van der Waals surface area contributed by atoms with Crippen molar-refractivity contribution in [3.8, 4) is 0 Å². The first-order valence-electron chi connectivity index (χ1n) is 7.01. The van der Waals surface area contributed by atoms with Crippen LogP contribution in [0.4, 0.5) is 5.69 Å². The van der Waals surface area contributed by atoms with Crippen molar-refractivity contribution in [3.63, 3.8) is 0 Å². The van der Waals surface area contributed by atoms with E-state index in [0.29, 0.717) is 19.2 Å². The molecular formula is C15H23ClN2O2. The van der Waals surface area contributed by atoms with Crippen LogP contribution in [0.3, 0.4) is 0 Å². The highest BCUT2D eigenvalue weighted by atomic mass is 35.5. The number of hydrogen-bond donors (Lipinski definition) is 1. The van der Waals surface area contributed by atoms with Crippen LogP contribution in [0, 0.1) is 0 Å². The summed E-state index contributed by atoms with van der Waals surface area (Å²) in [7, 11) is 1.61. The van der Waals surface area contributed by atoms with Crippen LogP contribution < -0.4 is 4.90 Å². The Labute approximate surface area is 125 Å². The maximum atomic E-state index is 9.84. The molecule has 1 aliphatic rings. The molecule has 2 rings (SSSR count). The predicted octanol–water partition coefficient (Wildman–Crippen LogP) is 1.86. The van der Waals surface area contributed by atoms with Crippen molar-refractivity contribution in [1.29, 1.82) is 0 Å². The van der Waals surface area contributed by atoms with Gasteiger partial charge in [0.15, 0.2) is 0 Å². The van der Waals surface area contributed by atoms with Crippen molar-refractivity contribution in [3.05, 3.63) is 29.3 Å². The van der Waals surface area contributed by atoms with Crippen LogP contribution in [-0.2, 0) is 4.74 Å². The Bertz CT molecular complexity index is 430. The summed E-state index contributed by atoms with van der Waals surface area (Å²) >= 11 is 6.05. The van der Waals surface area contributed by atoms with Crippen molar-refractivity contribution in [2.45, 2.75) is 19.1 Å². The Morgan fingerprint density at radius 1 is 1.45 bits per heavy atom. The highest BCUT2D eigenvalue weighted by molar-refractivity contribution is 6.30. The maximum Gasteiger partial charge on any atom is 0.0900 e.